The summed E-state index contributed by atoms with van der Waals surface area (Å²) < 4.78 is 0. The van der Waals surface area contributed by atoms with Crippen LogP contribution in [-0.2, 0) is 6.42 Å². The maximum absolute atomic E-state index is 12.3. The number of carbonyl (C=O) groups is 2. The minimum atomic E-state index is -0.265. The molecule has 2 amide bonds. The predicted molar refractivity (Wildman–Crippen MR) is 84.4 cm³/mol. The van der Waals surface area contributed by atoms with Crippen molar-refractivity contribution in [3.05, 3.63) is 69.6 Å². The zero-order valence-electron chi connectivity index (χ0n) is 12.1. The summed E-state index contributed by atoms with van der Waals surface area (Å²) in [6.07, 6.45) is 2.27. The highest BCUT2D eigenvalue weighted by molar-refractivity contribution is 6.21. The number of aromatic amines is 2. The van der Waals surface area contributed by atoms with Gasteiger partial charge in [0.05, 0.1) is 22.2 Å². The molecule has 2 N–H and O–H groups in total. The van der Waals surface area contributed by atoms with Crippen LogP contribution in [0.5, 0.6) is 0 Å². The van der Waals surface area contributed by atoms with Crippen LogP contribution in [0.1, 0.15) is 26.3 Å². The van der Waals surface area contributed by atoms with Crippen LogP contribution in [0.4, 0.5) is 0 Å². The van der Waals surface area contributed by atoms with E-state index in [9.17, 15) is 14.4 Å². The van der Waals surface area contributed by atoms with Crippen LogP contribution >= 0.6 is 0 Å². The lowest BCUT2D eigenvalue weighted by Crippen LogP contribution is -2.31. The molecule has 0 unspecified atom stereocenters. The van der Waals surface area contributed by atoms with E-state index in [1.165, 1.54) is 11.0 Å². The molecule has 1 aliphatic rings. The normalized spacial score (nSPS) is 13.8. The number of amides is 2. The molecule has 0 saturated heterocycles. The van der Waals surface area contributed by atoms with Crippen LogP contribution in [-0.4, -0.2) is 33.2 Å². The molecule has 3 heterocycles. The van der Waals surface area contributed by atoms with Crippen LogP contribution < -0.4 is 5.56 Å². The van der Waals surface area contributed by atoms with Gasteiger partial charge in [-0.15, -0.1) is 0 Å². The Kier molecular flexibility index (Phi) is 2.90. The van der Waals surface area contributed by atoms with Crippen LogP contribution in [0, 0.1) is 0 Å². The average Bonchev–Trinajstić information content (AvgIpc) is 3.06. The third kappa shape index (κ3) is 2.07. The van der Waals surface area contributed by atoms with E-state index >= 15 is 0 Å². The Hall–Kier alpha value is -3.15. The first kappa shape index (κ1) is 13.5. The molecule has 0 fully saturated rings. The van der Waals surface area contributed by atoms with Crippen LogP contribution in [0.15, 0.2) is 47.4 Å². The van der Waals surface area contributed by atoms with Crippen LogP contribution in [0.25, 0.3) is 11.0 Å². The highest BCUT2D eigenvalue weighted by Crippen LogP contribution is 2.23. The number of imide groups is 1. The van der Waals surface area contributed by atoms with Crippen molar-refractivity contribution in [2.45, 2.75) is 6.42 Å². The van der Waals surface area contributed by atoms with Gasteiger partial charge in [0, 0.05) is 18.8 Å². The Bertz CT molecular complexity index is 964. The molecule has 0 atom stereocenters. The molecule has 1 aromatic carbocycles. The number of H-pyrrole nitrogens is 2. The van der Waals surface area contributed by atoms with Gasteiger partial charge in [-0.1, -0.05) is 12.1 Å². The minimum Gasteiger partial charge on any atom is -0.360 e. The Morgan fingerprint density at radius 2 is 1.61 bits per heavy atom. The number of aromatic nitrogens is 2. The Morgan fingerprint density at radius 1 is 0.913 bits per heavy atom. The lowest BCUT2D eigenvalue weighted by Gasteiger charge is -2.13. The van der Waals surface area contributed by atoms with Crippen LogP contribution in [0.3, 0.4) is 0 Å². The van der Waals surface area contributed by atoms with Crippen LogP contribution in [0.2, 0.25) is 0 Å². The number of pyridine rings is 1. The third-order valence-electron chi connectivity index (χ3n) is 4.12. The molecule has 0 aliphatic carbocycles. The second-order valence-electron chi connectivity index (χ2n) is 5.48. The van der Waals surface area contributed by atoms with E-state index < -0.39 is 0 Å². The first-order chi connectivity index (χ1) is 11.1. The summed E-state index contributed by atoms with van der Waals surface area (Å²) in [4.78, 5) is 43.2. The van der Waals surface area contributed by atoms with Gasteiger partial charge in [-0.05, 0) is 30.2 Å². The number of fused-ring (bicyclic) bond motifs is 2. The fourth-order valence-corrected chi connectivity index (χ4v) is 2.96. The second-order valence-corrected chi connectivity index (χ2v) is 5.48. The molecule has 2 aromatic heterocycles. The molecule has 0 saturated carbocycles. The molecule has 6 nitrogen and oxygen atoms in total. The van der Waals surface area contributed by atoms with E-state index in [-0.39, 0.29) is 23.9 Å². The monoisotopic (exact) mass is 307 g/mol. The zero-order chi connectivity index (χ0) is 16.0. The number of nitrogens with zero attached hydrogens (tertiary/aromatic N) is 1. The topological polar surface area (TPSA) is 86.0 Å². The first-order valence-electron chi connectivity index (χ1n) is 7.29. The number of hydrogen-bond donors (Lipinski definition) is 2. The van der Waals surface area contributed by atoms with E-state index in [1.54, 1.807) is 36.5 Å². The summed E-state index contributed by atoms with van der Waals surface area (Å²) in [6, 6.07) is 9.99. The molecule has 114 valence electrons. The summed E-state index contributed by atoms with van der Waals surface area (Å²) in [7, 11) is 0. The van der Waals surface area contributed by atoms with Crippen molar-refractivity contribution in [2.24, 2.45) is 0 Å². The highest BCUT2D eigenvalue weighted by atomic mass is 16.2. The van der Waals surface area contributed by atoms with Crippen molar-refractivity contribution in [3.63, 3.8) is 0 Å². The molecule has 0 radical (unpaired) electrons. The van der Waals surface area contributed by atoms with Crippen molar-refractivity contribution in [1.29, 1.82) is 0 Å². The summed E-state index contributed by atoms with van der Waals surface area (Å²) in [6.45, 7) is 0.274. The number of nitrogens with one attached hydrogen (secondary N) is 2. The first-order valence-corrected chi connectivity index (χ1v) is 7.29. The van der Waals surface area contributed by atoms with Crippen molar-refractivity contribution < 1.29 is 9.59 Å². The fraction of sp³-hybridized carbons (Fsp3) is 0.118. The van der Waals surface area contributed by atoms with Crippen molar-refractivity contribution in [2.75, 3.05) is 6.54 Å². The van der Waals surface area contributed by atoms with E-state index in [0.717, 1.165) is 11.1 Å². The SMILES string of the molecule is O=C1c2ccccc2C(=O)N1CCc1c[nH]c2ccc(=O)[nH]c12. The zero-order valence-corrected chi connectivity index (χ0v) is 12.1. The number of carbonyl (C=O) groups excluding carboxylic acids is 2. The summed E-state index contributed by atoms with van der Waals surface area (Å²) in [5.74, 6) is -0.530. The maximum atomic E-state index is 12.3. The summed E-state index contributed by atoms with van der Waals surface area (Å²) >= 11 is 0. The number of benzene rings is 1. The molecular formula is C17H13N3O3. The van der Waals surface area contributed by atoms with Gasteiger partial charge in [-0.3, -0.25) is 19.3 Å². The van der Waals surface area contributed by atoms with Crippen molar-refractivity contribution in [1.82, 2.24) is 14.9 Å². The van der Waals surface area contributed by atoms with Crippen molar-refractivity contribution >= 4 is 22.8 Å². The lowest BCUT2D eigenvalue weighted by atomic mass is 10.1. The fourth-order valence-electron chi connectivity index (χ4n) is 2.96. The van der Waals surface area contributed by atoms with E-state index in [0.29, 0.717) is 23.1 Å². The third-order valence-corrected chi connectivity index (χ3v) is 4.12. The van der Waals surface area contributed by atoms with Gasteiger partial charge in [0.25, 0.3) is 11.8 Å². The molecule has 6 heteroatoms. The summed E-state index contributed by atoms with van der Waals surface area (Å²) in [5.41, 5.74) is 3.12. The van der Waals surface area contributed by atoms with Crippen molar-refractivity contribution in [3.8, 4) is 0 Å². The molecule has 3 aromatic rings. The summed E-state index contributed by atoms with van der Waals surface area (Å²) in [5, 5.41) is 0. The smallest absolute Gasteiger partial charge is 0.261 e. The molecule has 4 rings (SSSR count). The molecular weight excluding hydrogens is 294 g/mol. The van der Waals surface area contributed by atoms with Gasteiger partial charge in [0.2, 0.25) is 5.56 Å². The maximum Gasteiger partial charge on any atom is 0.261 e. The van der Waals surface area contributed by atoms with Gasteiger partial charge < -0.3 is 9.97 Å². The number of rotatable bonds is 3. The van der Waals surface area contributed by atoms with Gasteiger partial charge in [0.1, 0.15) is 0 Å². The number of hydrogen-bond acceptors (Lipinski definition) is 3. The lowest BCUT2D eigenvalue weighted by molar-refractivity contribution is 0.0656. The van der Waals surface area contributed by atoms with Gasteiger partial charge in [-0.25, -0.2) is 0 Å². The molecule has 0 spiro atoms. The molecule has 1 aliphatic heterocycles. The van der Waals surface area contributed by atoms with E-state index in [4.69, 9.17) is 0 Å². The highest BCUT2D eigenvalue weighted by Gasteiger charge is 2.34. The quantitative estimate of drug-likeness (QED) is 0.722. The average molecular weight is 307 g/mol. The van der Waals surface area contributed by atoms with Gasteiger partial charge >= 0.3 is 0 Å². The predicted octanol–water partition coefficient (Wildman–Crippen LogP) is 1.69. The standard InChI is InChI=1S/C17H13N3O3/c21-14-6-5-13-15(19-14)10(9-18-13)7-8-20-16(22)11-3-1-2-4-12(11)17(20)23/h1-6,9,18H,7-8H2,(H,19,21). The molecule has 0 bridgehead atoms. The largest absolute Gasteiger partial charge is 0.360 e. The van der Waals surface area contributed by atoms with E-state index in [2.05, 4.69) is 9.97 Å². The van der Waals surface area contributed by atoms with E-state index in [1.807, 2.05) is 0 Å². The second kappa shape index (κ2) is 4.95. The van der Waals surface area contributed by atoms with Gasteiger partial charge in [-0.2, -0.15) is 0 Å². The Morgan fingerprint density at radius 3 is 2.30 bits per heavy atom. The molecule has 23 heavy (non-hydrogen) atoms. The van der Waals surface area contributed by atoms with Gasteiger partial charge in [0.15, 0.2) is 0 Å². The Labute approximate surface area is 130 Å². The Balaban J connectivity index is 1.60. The minimum absolute atomic E-state index is 0.181.